The highest BCUT2D eigenvalue weighted by Crippen LogP contribution is 2.28. The van der Waals surface area contributed by atoms with Crippen LogP contribution in [0.2, 0.25) is 0 Å². The third-order valence-electron chi connectivity index (χ3n) is 3.32. The number of hydrogen-bond acceptors (Lipinski definition) is 2. The molecule has 0 aromatic heterocycles. The van der Waals surface area contributed by atoms with Crippen molar-refractivity contribution >= 4 is 17.6 Å². The summed E-state index contributed by atoms with van der Waals surface area (Å²) in [4.78, 5) is 22.7. The molecule has 4 nitrogen and oxygen atoms in total. The minimum atomic E-state index is -0.911. The molecular formula is C14H17NO3. The van der Waals surface area contributed by atoms with Crippen LogP contribution >= 0.6 is 0 Å². The number of carboxylic acids is 1. The largest absolute Gasteiger partial charge is 0.481 e. The van der Waals surface area contributed by atoms with Crippen molar-refractivity contribution in [2.45, 2.75) is 32.6 Å². The van der Waals surface area contributed by atoms with E-state index in [1.54, 1.807) is 0 Å². The summed E-state index contributed by atoms with van der Waals surface area (Å²) < 4.78 is 0. The van der Waals surface area contributed by atoms with Gasteiger partial charge < -0.3 is 10.4 Å². The van der Waals surface area contributed by atoms with Crippen molar-refractivity contribution in [3.8, 4) is 0 Å². The third kappa shape index (κ3) is 2.53. The van der Waals surface area contributed by atoms with Crippen molar-refractivity contribution in [2.75, 3.05) is 5.32 Å². The highest BCUT2D eigenvalue weighted by Gasteiger charge is 2.26. The second kappa shape index (κ2) is 4.80. The van der Waals surface area contributed by atoms with Gasteiger partial charge in [0.25, 0.3) is 0 Å². The van der Waals surface area contributed by atoms with Gasteiger partial charge in [-0.1, -0.05) is 26.0 Å². The van der Waals surface area contributed by atoms with Crippen LogP contribution in [-0.2, 0) is 16.0 Å². The lowest BCUT2D eigenvalue weighted by Gasteiger charge is -2.12. The van der Waals surface area contributed by atoms with E-state index in [1.165, 1.54) is 0 Å². The fraction of sp³-hybridized carbons (Fsp3) is 0.429. The number of anilines is 1. The molecule has 1 heterocycles. The lowest BCUT2D eigenvalue weighted by Crippen LogP contribution is -2.20. The van der Waals surface area contributed by atoms with Gasteiger partial charge in [0, 0.05) is 12.1 Å². The molecule has 1 amide bonds. The summed E-state index contributed by atoms with van der Waals surface area (Å²) in [5.41, 5.74) is 2.80. The predicted octanol–water partition coefficient (Wildman–Crippen LogP) is 2.40. The number of rotatable bonds is 2. The Morgan fingerprint density at radius 2 is 2.11 bits per heavy atom. The molecule has 0 spiro atoms. The number of carboxylic acid groups (broad SMARTS) is 1. The smallest absolute Gasteiger partial charge is 0.307 e. The maximum Gasteiger partial charge on any atom is 0.307 e. The van der Waals surface area contributed by atoms with Gasteiger partial charge in [-0.2, -0.15) is 0 Å². The molecule has 0 fully saturated rings. The lowest BCUT2D eigenvalue weighted by atomic mass is 9.94. The number of nitrogens with one attached hydrogen (secondary N) is 1. The number of amides is 1. The number of benzene rings is 1. The van der Waals surface area contributed by atoms with Crippen LogP contribution in [0.25, 0.3) is 0 Å². The SMILES string of the molecule is CC(C)c1ccc2c(c1)NC(=O)CC(C(=O)O)C2. The average molecular weight is 247 g/mol. The Morgan fingerprint density at radius 3 is 2.72 bits per heavy atom. The van der Waals surface area contributed by atoms with E-state index in [0.29, 0.717) is 12.3 Å². The zero-order valence-electron chi connectivity index (χ0n) is 10.6. The van der Waals surface area contributed by atoms with Crippen molar-refractivity contribution in [3.05, 3.63) is 29.3 Å². The van der Waals surface area contributed by atoms with Crippen molar-refractivity contribution < 1.29 is 14.7 Å². The van der Waals surface area contributed by atoms with Gasteiger partial charge in [0.2, 0.25) is 5.91 Å². The fourth-order valence-corrected chi connectivity index (χ4v) is 2.18. The van der Waals surface area contributed by atoms with Gasteiger partial charge >= 0.3 is 5.97 Å². The first-order chi connectivity index (χ1) is 8.47. The van der Waals surface area contributed by atoms with E-state index in [1.807, 2.05) is 18.2 Å². The van der Waals surface area contributed by atoms with Crippen LogP contribution in [0.3, 0.4) is 0 Å². The van der Waals surface area contributed by atoms with E-state index in [0.717, 1.165) is 16.8 Å². The Bertz CT molecular complexity index is 494. The molecule has 1 unspecified atom stereocenters. The minimum Gasteiger partial charge on any atom is -0.481 e. The number of hydrogen-bond donors (Lipinski definition) is 2. The van der Waals surface area contributed by atoms with Crippen LogP contribution in [0.1, 0.15) is 37.3 Å². The molecule has 2 N–H and O–H groups in total. The van der Waals surface area contributed by atoms with Gasteiger partial charge in [-0.15, -0.1) is 0 Å². The maximum atomic E-state index is 11.7. The molecular weight excluding hydrogens is 230 g/mol. The molecule has 1 aliphatic heterocycles. The summed E-state index contributed by atoms with van der Waals surface area (Å²) in [6.07, 6.45) is 0.447. The number of aliphatic carboxylic acids is 1. The summed E-state index contributed by atoms with van der Waals surface area (Å²) in [7, 11) is 0. The van der Waals surface area contributed by atoms with Crippen LogP contribution in [0.15, 0.2) is 18.2 Å². The average Bonchev–Trinajstić information content (AvgIpc) is 2.45. The van der Waals surface area contributed by atoms with E-state index < -0.39 is 11.9 Å². The third-order valence-corrected chi connectivity index (χ3v) is 3.32. The molecule has 0 saturated heterocycles. The van der Waals surface area contributed by atoms with E-state index in [-0.39, 0.29) is 12.3 Å². The predicted molar refractivity (Wildman–Crippen MR) is 68.6 cm³/mol. The highest BCUT2D eigenvalue weighted by atomic mass is 16.4. The molecule has 1 aromatic carbocycles. The van der Waals surface area contributed by atoms with Crippen molar-refractivity contribution in [1.29, 1.82) is 0 Å². The molecule has 0 bridgehead atoms. The summed E-state index contributed by atoms with van der Waals surface area (Å²) in [6, 6.07) is 5.87. The Morgan fingerprint density at radius 1 is 1.39 bits per heavy atom. The fourth-order valence-electron chi connectivity index (χ4n) is 2.18. The van der Waals surface area contributed by atoms with Crippen molar-refractivity contribution in [1.82, 2.24) is 0 Å². The number of carbonyl (C=O) groups excluding carboxylic acids is 1. The Hall–Kier alpha value is -1.84. The second-order valence-corrected chi connectivity index (χ2v) is 5.06. The summed E-state index contributed by atoms with van der Waals surface area (Å²) in [5.74, 6) is -1.38. The molecule has 2 rings (SSSR count). The first-order valence-electron chi connectivity index (χ1n) is 6.13. The molecule has 0 radical (unpaired) electrons. The van der Waals surface area contributed by atoms with Gasteiger partial charge in [-0.25, -0.2) is 0 Å². The summed E-state index contributed by atoms with van der Waals surface area (Å²) in [6.45, 7) is 4.17. The van der Waals surface area contributed by atoms with E-state index in [4.69, 9.17) is 5.11 Å². The maximum absolute atomic E-state index is 11.7. The minimum absolute atomic E-state index is 0.0427. The molecule has 96 valence electrons. The second-order valence-electron chi connectivity index (χ2n) is 5.06. The van der Waals surface area contributed by atoms with Gasteiger partial charge in [0.05, 0.1) is 5.92 Å². The lowest BCUT2D eigenvalue weighted by molar-refractivity contribution is -0.143. The monoisotopic (exact) mass is 247 g/mol. The number of carbonyl (C=O) groups is 2. The van der Waals surface area contributed by atoms with Crippen LogP contribution in [0.5, 0.6) is 0 Å². The van der Waals surface area contributed by atoms with Crippen LogP contribution < -0.4 is 5.32 Å². The Kier molecular flexibility index (Phi) is 3.36. The molecule has 0 aliphatic carbocycles. The summed E-state index contributed by atoms with van der Waals surface area (Å²) >= 11 is 0. The molecule has 1 aromatic rings. The van der Waals surface area contributed by atoms with Gasteiger partial charge in [-0.05, 0) is 29.5 Å². The van der Waals surface area contributed by atoms with E-state index >= 15 is 0 Å². The van der Waals surface area contributed by atoms with Crippen LogP contribution in [0, 0.1) is 5.92 Å². The molecule has 1 aliphatic rings. The van der Waals surface area contributed by atoms with Gasteiger partial charge in [0.1, 0.15) is 0 Å². The topological polar surface area (TPSA) is 66.4 Å². The van der Waals surface area contributed by atoms with Gasteiger partial charge in [-0.3, -0.25) is 9.59 Å². The zero-order chi connectivity index (χ0) is 13.3. The molecule has 4 heteroatoms. The molecule has 18 heavy (non-hydrogen) atoms. The van der Waals surface area contributed by atoms with Crippen molar-refractivity contribution in [3.63, 3.8) is 0 Å². The quantitative estimate of drug-likeness (QED) is 0.843. The molecule has 0 saturated carbocycles. The van der Waals surface area contributed by atoms with Crippen LogP contribution in [-0.4, -0.2) is 17.0 Å². The standard InChI is InChI=1S/C14H17NO3/c1-8(2)9-3-4-10-5-11(14(17)18)7-13(16)15-12(10)6-9/h3-4,6,8,11H,5,7H2,1-2H3,(H,15,16)(H,17,18). The van der Waals surface area contributed by atoms with Gasteiger partial charge in [0.15, 0.2) is 0 Å². The first kappa shape index (κ1) is 12.6. The normalized spacial score (nSPS) is 19.1. The first-order valence-corrected chi connectivity index (χ1v) is 6.13. The van der Waals surface area contributed by atoms with E-state index in [9.17, 15) is 9.59 Å². The van der Waals surface area contributed by atoms with Crippen LogP contribution in [0.4, 0.5) is 5.69 Å². The molecule has 1 atom stereocenters. The Balaban J connectivity index is 2.37. The summed E-state index contributed by atoms with van der Waals surface area (Å²) in [5, 5.41) is 11.9. The zero-order valence-corrected chi connectivity index (χ0v) is 10.6. The van der Waals surface area contributed by atoms with E-state index in [2.05, 4.69) is 19.2 Å². The number of fused-ring (bicyclic) bond motifs is 1. The Labute approximate surface area is 106 Å². The highest BCUT2D eigenvalue weighted by molar-refractivity contribution is 5.95. The van der Waals surface area contributed by atoms with Crippen molar-refractivity contribution in [2.24, 2.45) is 5.92 Å².